The highest BCUT2D eigenvalue weighted by atomic mass is 32.1. The number of carboxylic acids is 1. The lowest BCUT2D eigenvalue weighted by Crippen LogP contribution is -2.32. The number of carbonyl (C=O) groups excluding carboxylic acids is 1. The average molecular weight is 533 g/mol. The van der Waals surface area contributed by atoms with E-state index in [4.69, 9.17) is 14.8 Å². The number of halogens is 3. The third kappa shape index (κ3) is 5.15. The minimum Gasteiger partial charge on any atom is -0.497 e. The van der Waals surface area contributed by atoms with Crippen LogP contribution in [0.2, 0.25) is 0 Å². The van der Waals surface area contributed by atoms with Crippen LogP contribution in [0, 0.1) is 0 Å². The zero-order chi connectivity index (χ0) is 27.1. The maximum atomic E-state index is 13.5. The highest BCUT2D eigenvalue weighted by Crippen LogP contribution is 2.38. The van der Waals surface area contributed by atoms with Crippen LogP contribution in [0.15, 0.2) is 42.5 Å². The average Bonchev–Trinajstić information content (AvgIpc) is 3.44. The van der Waals surface area contributed by atoms with Crippen LogP contribution in [0.1, 0.15) is 40.7 Å². The van der Waals surface area contributed by atoms with Gasteiger partial charge < -0.3 is 14.7 Å². The molecule has 0 unspecified atom stereocenters. The lowest BCUT2D eigenvalue weighted by atomic mass is 10.1. The van der Waals surface area contributed by atoms with Gasteiger partial charge in [-0.1, -0.05) is 37.3 Å². The van der Waals surface area contributed by atoms with Gasteiger partial charge in [-0.05, 0) is 36.2 Å². The molecule has 0 aliphatic rings. The summed E-state index contributed by atoms with van der Waals surface area (Å²) in [6, 6.07) is 10.3. The van der Waals surface area contributed by atoms with Crippen molar-refractivity contribution in [2.75, 3.05) is 20.7 Å². The molecule has 4 rings (SSSR count). The number of nitrogens with zero attached hydrogens (tertiary/aromatic N) is 4. The van der Waals surface area contributed by atoms with Crippen LogP contribution in [0.25, 0.3) is 27.3 Å². The first-order chi connectivity index (χ1) is 17.4. The first kappa shape index (κ1) is 26.1. The molecule has 0 aliphatic carbocycles. The number of thiazole rings is 1. The van der Waals surface area contributed by atoms with Gasteiger partial charge >= 0.3 is 12.1 Å². The number of aromatic nitrogens is 3. The minimum atomic E-state index is -4.64. The maximum Gasteiger partial charge on any atom is 0.416 e. The van der Waals surface area contributed by atoms with Gasteiger partial charge in [-0.25, -0.2) is 9.67 Å². The van der Waals surface area contributed by atoms with E-state index in [9.17, 15) is 22.8 Å². The molecule has 0 aliphatic heterocycles. The molecule has 2 aromatic heterocycles. The Balaban J connectivity index is 1.93. The summed E-state index contributed by atoms with van der Waals surface area (Å²) in [5.41, 5.74) is 0.447. The Morgan fingerprint density at radius 3 is 2.54 bits per heavy atom. The smallest absolute Gasteiger partial charge is 0.416 e. The van der Waals surface area contributed by atoms with Crippen molar-refractivity contribution < 1.29 is 32.6 Å². The van der Waals surface area contributed by atoms with Crippen molar-refractivity contribution >= 4 is 34.1 Å². The Kier molecular flexibility index (Phi) is 6.96. The topological polar surface area (TPSA) is 97.5 Å². The third-order valence-corrected chi connectivity index (χ3v) is 6.95. The molecule has 0 fully saturated rings. The summed E-state index contributed by atoms with van der Waals surface area (Å²) in [7, 11) is 2.80. The number of hydrogen-bond acceptors (Lipinski definition) is 6. The van der Waals surface area contributed by atoms with Gasteiger partial charge in [0.25, 0.3) is 5.91 Å². The van der Waals surface area contributed by atoms with Gasteiger partial charge in [0.1, 0.15) is 12.3 Å². The van der Waals surface area contributed by atoms with E-state index in [1.54, 1.807) is 13.2 Å². The van der Waals surface area contributed by atoms with Crippen LogP contribution in [0.3, 0.4) is 0 Å². The second kappa shape index (κ2) is 9.85. The summed E-state index contributed by atoms with van der Waals surface area (Å²) < 4.78 is 47.1. The number of benzene rings is 2. The van der Waals surface area contributed by atoms with Crippen molar-refractivity contribution in [3.8, 4) is 22.1 Å². The summed E-state index contributed by atoms with van der Waals surface area (Å²) >= 11 is 1.30. The molecule has 0 saturated heterocycles. The molecular weight excluding hydrogens is 509 g/mol. The molecule has 1 N–H and O–H groups in total. The predicted molar refractivity (Wildman–Crippen MR) is 132 cm³/mol. The Hall–Kier alpha value is -3.93. The number of amides is 1. The molecule has 12 heteroatoms. The monoisotopic (exact) mass is 532 g/mol. The molecule has 37 heavy (non-hydrogen) atoms. The summed E-state index contributed by atoms with van der Waals surface area (Å²) in [4.78, 5) is 30.7. The second-order valence-electron chi connectivity index (χ2n) is 8.64. The van der Waals surface area contributed by atoms with Crippen LogP contribution in [-0.4, -0.2) is 57.3 Å². The number of fused-ring (bicyclic) bond motifs is 1. The summed E-state index contributed by atoms with van der Waals surface area (Å²) in [6.45, 7) is 3.35. The fourth-order valence-electron chi connectivity index (χ4n) is 3.83. The van der Waals surface area contributed by atoms with Crippen LogP contribution in [0.4, 0.5) is 13.2 Å². The fraction of sp³-hybridized carbons (Fsp3) is 0.280. The summed E-state index contributed by atoms with van der Waals surface area (Å²) in [5.74, 6) is -1.38. The highest BCUT2D eigenvalue weighted by Gasteiger charge is 2.33. The van der Waals surface area contributed by atoms with Crippen molar-refractivity contribution in [1.82, 2.24) is 19.7 Å². The SMILES string of the molecule is COc1cccc(-c2nc(-n3nc(C(=O)N(C)CC(=O)O)c4cc(C(F)(F)F)ccc43)sc2C(C)C)c1. The van der Waals surface area contributed by atoms with Crippen molar-refractivity contribution in [1.29, 1.82) is 0 Å². The van der Waals surface area contributed by atoms with E-state index in [1.807, 2.05) is 32.0 Å². The number of carbonyl (C=O) groups is 2. The second-order valence-corrected chi connectivity index (χ2v) is 9.65. The third-order valence-electron chi connectivity index (χ3n) is 5.62. The molecule has 0 saturated carbocycles. The zero-order valence-corrected chi connectivity index (χ0v) is 21.1. The fourth-order valence-corrected chi connectivity index (χ4v) is 4.89. The molecular formula is C25H23F3N4O4S. The lowest BCUT2D eigenvalue weighted by Gasteiger charge is -2.13. The largest absolute Gasteiger partial charge is 0.497 e. The van der Waals surface area contributed by atoms with Crippen LogP contribution < -0.4 is 4.74 Å². The Morgan fingerprint density at radius 1 is 1.19 bits per heavy atom. The van der Waals surface area contributed by atoms with Crippen LogP contribution >= 0.6 is 11.3 Å². The number of ether oxygens (including phenoxy) is 1. The van der Waals surface area contributed by atoms with E-state index in [0.717, 1.165) is 27.5 Å². The maximum absolute atomic E-state index is 13.5. The van der Waals surface area contributed by atoms with E-state index in [1.165, 1.54) is 29.1 Å². The predicted octanol–water partition coefficient (Wildman–Crippen LogP) is 5.46. The number of alkyl halides is 3. The Morgan fingerprint density at radius 2 is 1.92 bits per heavy atom. The molecule has 0 radical (unpaired) electrons. The van der Waals surface area contributed by atoms with Crippen molar-refractivity contribution in [3.05, 3.63) is 58.6 Å². The molecule has 0 bridgehead atoms. The van der Waals surface area contributed by atoms with Crippen LogP contribution in [0.5, 0.6) is 5.75 Å². The van der Waals surface area contributed by atoms with Crippen molar-refractivity contribution in [3.63, 3.8) is 0 Å². The van der Waals surface area contributed by atoms with E-state index < -0.39 is 30.2 Å². The van der Waals surface area contributed by atoms with E-state index >= 15 is 0 Å². The molecule has 2 heterocycles. The lowest BCUT2D eigenvalue weighted by molar-refractivity contribution is -0.138. The summed E-state index contributed by atoms with van der Waals surface area (Å²) in [5, 5.41) is 13.7. The van der Waals surface area contributed by atoms with Gasteiger partial charge in [0.05, 0.1) is 23.9 Å². The quantitative estimate of drug-likeness (QED) is 0.340. The van der Waals surface area contributed by atoms with Gasteiger partial charge in [-0.2, -0.15) is 18.3 Å². The number of methoxy groups -OCH3 is 1. The van der Waals surface area contributed by atoms with E-state index in [2.05, 4.69) is 5.10 Å². The Bertz CT molecular complexity index is 1490. The standard InChI is InChI=1S/C25H23F3N4O4S/c1-13(2)22-20(14-6-5-7-16(10-14)36-4)29-24(37-22)32-18-9-8-15(25(26,27)28)11-17(18)21(30-32)23(35)31(3)12-19(33)34/h5-11,13H,12H2,1-4H3,(H,33,34). The first-order valence-electron chi connectivity index (χ1n) is 11.1. The zero-order valence-electron chi connectivity index (χ0n) is 20.3. The number of aliphatic carboxylic acids is 1. The van der Waals surface area contributed by atoms with Gasteiger partial charge in [0.15, 0.2) is 5.69 Å². The van der Waals surface area contributed by atoms with Gasteiger partial charge in [0.2, 0.25) is 5.13 Å². The number of rotatable bonds is 7. The molecule has 1 amide bonds. The number of likely N-dealkylation sites (N-methyl/N-ethyl adjacent to an activating group) is 1. The summed E-state index contributed by atoms with van der Waals surface area (Å²) in [6.07, 6.45) is -4.64. The number of carboxylic acid groups (broad SMARTS) is 1. The first-order valence-corrected chi connectivity index (χ1v) is 11.9. The molecule has 4 aromatic rings. The van der Waals surface area contributed by atoms with Crippen molar-refractivity contribution in [2.24, 2.45) is 0 Å². The highest BCUT2D eigenvalue weighted by molar-refractivity contribution is 7.14. The van der Waals surface area contributed by atoms with E-state index in [0.29, 0.717) is 16.6 Å². The molecule has 2 aromatic carbocycles. The van der Waals surface area contributed by atoms with Crippen LogP contribution in [-0.2, 0) is 11.0 Å². The molecule has 194 valence electrons. The van der Waals surface area contributed by atoms with Gasteiger partial charge in [-0.3, -0.25) is 9.59 Å². The molecule has 8 nitrogen and oxygen atoms in total. The Labute approximate surface area is 213 Å². The van der Waals surface area contributed by atoms with E-state index in [-0.39, 0.29) is 22.5 Å². The molecule has 0 atom stereocenters. The normalized spacial score (nSPS) is 11.8. The van der Waals surface area contributed by atoms with Gasteiger partial charge in [-0.15, -0.1) is 0 Å². The minimum absolute atomic E-state index is 0.0544. The van der Waals surface area contributed by atoms with Gasteiger partial charge in [0, 0.05) is 22.9 Å². The molecule has 0 spiro atoms. The van der Waals surface area contributed by atoms with Crippen molar-refractivity contribution in [2.45, 2.75) is 25.9 Å². The number of hydrogen-bond donors (Lipinski definition) is 1.